The van der Waals surface area contributed by atoms with E-state index in [1.54, 1.807) is 0 Å². The van der Waals surface area contributed by atoms with Crippen molar-refractivity contribution in [2.24, 2.45) is 23.7 Å². The van der Waals surface area contributed by atoms with Crippen LogP contribution < -0.4 is 0 Å². The zero-order valence-electron chi connectivity index (χ0n) is 10.7. The van der Waals surface area contributed by atoms with Crippen LogP contribution in [-0.2, 0) is 0 Å². The summed E-state index contributed by atoms with van der Waals surface area (Å²) >= 11 is 0. The van der Waals surface area contributed by atoms with Gasteiger partial charge in [0.15, 0.2) is 0 Å². The molecule has 0 aromatic heterocycles. The van der Waals surface area contributed by atoms with Crippen molar-refractivity contribution in [2.75, 3.05) is 0 Å². The average Bonchev–Trinajstić information content (AvgIpc) is 2.86. The van der Waals surface area contributed by atoms with Crippen molar-refractivity contribution in [2.45, 2.75) is 57.2 Å². The molecule has 2 fully saturated rings. The number of hydrogen-bond acceptors (Lipinski definition) is 0. The minimum atomic E-state index is 0.977. The van der Waals surface area contributed by atoms with Crippen LogP contribution in [0.15, 0.2) is 12.2 Å². The van der Waals surface area contributed by atoms with E-state index in [1.165, 1.54) is 51.4 Å². The molecule has 3 aliphatic rings. The van der Waals surface area contributed by atoms with E-state index < -0.39 is 0 Å². The third kappa shape index (κ3) is 1.98. The third-order valence-corrected chi connectivity index (χ3v) is 5.52. The Bertz CT molecular complexity index is 271. The number of rotatable bonds is 0. The zero-order chi connectivity index (χ0) is 11.0. The molecule has 0 aromatic rings. The van der Waals surface area contributed by atoms with Gasteiger partial charge in [0.25, 0.3) is 0 Å². The maximum Gasteiger partial charge on any atom is 0.105 e. The Labute approximate surface area is 101 Å². The summed E-state index contributed by atoms with van der Waals surface area (Å²) < 4.78 is 0. The van der Waals surface area contributed by atoms with Crippen molar-refractivity contribution in [3.05, 3.63) is 12.2 Å². The van der Waals surface area contributed by atoms with E-state index in [1.807, 2.05) is 0 Å². The lowest BCUT2D eigenvalue weighted by molar-refractivity contribution is 0.254. The molecule has 2 bridgehead atoms. The summed E-state index contributed by atoms with van der Waals surface area (Å²) in [6, 6.07) is 0. The van der Waals surface area contributed by atoms with Gasteiger partial charge in [0.1, 0.15) is 7.85 Å². The normalized spacial score (nSPS) is 47.9. The van der Waals surface area contributed by atoms with Crippen LogP contribution in [0.4, 0.5) is 0 Å². The largest absolute Gasteiger partial charge is 0.105 e. The predicted octanol–water partition coefficient (Wildman–Crippen LogP) is 3.59. The third-order valence-electron chi connectivity index (χ3n) is 5.52. The minimum absolute atomic E-state index is 0.977. The van der Waals surface area contributed by atoms with Gasteiger partial charge < -0.3 is 0 Å². The molecule has 5 unspecified atom stereocenters. The van der Waals surface area contributed by atoms with Crippen LogP contribution >= 0.6 is 0 Å². The molecule has 0 nitrogen and oxygen atoms in total. The van der Waals surface area contributed by atoms with E-state index in [2.05, 4.69) is 20.0 Å². The Morgan fingerprint density at radius 2 is 1.31 bits per heavy atom. The van der Waals surface area contributed by atoms with Gasteiger partial charge >= 0.3 is 0 Å². The summed E-state index contributed by atoms with van der Waals surface area (Å²) in [5.41, 5.74) is 0. The van der Waals surface area contributed by atoms with Crippen LogP contribution in [0.5, 0.6) is 0 Å². The van der Waals surface area contributed by atoms with Gasteiger partial charge in [-0.05, 0) is 42.9 Å². The fraction of sp³-hybridized carbons (Fsp3) is 0.867. The molecule has 3 aliphatic carbocycles. The lowest BCUT2D eigenvalue weighted by Gasteiger charge is -2.29. The summed E-state index contributed by atoms with van der Waals surface area (Å²) in [6.07, 6.45) is 17.1. The Hall–Kier alpha value is -0.195. The molecule has 0 radical (unpaired) electrons. The molecule has 2 saturated carbocycles. The first-order valence-electron chi connectivity index (χ1n) is 7.53. The Morgan fingerprint density at radius 3 is 2.06 bits per heavy atom. The highest BCUT2D eigenvalue weighted by atomic mass is 14.5. The van der Waals surface area contributed by atoms with Crippen molar-refractivity contribution >= 4 is 7.85 Å². The van der Waals surface area contributed by atoms with Gasteiger partial charge in [0.05, 0.1) is 0 Å². The van der Waals surface area contributed by atoms with Gasteiger partial charge in [-0.1, -0.05) is 50.1 Å². The second-order valence-corrected chi connectivity index (χ2v) is 6.60. The van der Waals surface area contributed by atoms with Gasteiger partial charge in [-0.25, -0.2) is 0 Å². The molecule has 1 heteroatoms. The monoisotopic (exact) mass is 216 g/mol. The molecule has 16 heavy (non-hydrogen) atoms. The lowest BCUT2D eigenvalue weighted by Crippen LogP contribution is -2.20. The minimum Gasteiger partial charge on any atom is -0.0848 e. The molecule has 5 atom stereocenters. The lowest BCUT2D eigenvalue weighted by atomic mass is 9.72. The number of allylic oxidation sites excluding steroid dienone is 2. The second kappa shape index (κ2) is 4.59. The molecule has 0 N–H and O–H groups in total. The Balaban J connectivity index is 1.67. The highest BCUT2D eigenvalue weighted by Crippen LogP contribution is 2.52. The van der Waals surface area contributed by atoms with Gasteiger partial charge in [-0.2, -0.15) is 0 Å². The fourth-order valence-electron chi connectivity index (χ4n) is 4.60. The van der Waals surface area contributed by atoms with E-state index in [9.17, 15) is 0 Å². The first-order valence-corrected chi connectivity index (χ1v) is 7.53. The molecule has 0 saturated heterocycles. The topological polar surface area (TPSA) is 0 Å². The van der Waals surface area contributed by atoms with E-state index in [0.717, 1.165) is 29.5 Å². The van der Waals surface area contributed by atoms with Crippen molar-refractivity contribution in [1.29, 1.82) is 0 Å². The van der Waals surface area contributed by atoms with E-state index >= 15 is 0 Å². The van der Waals surface area contributed by atoms with Crippen molar-refractivity contribution in [3.8, 4) is 0 Å². The SMILES string of the molecule is BC1CCCCC2C3C=CC(C3)C2CCC1. The Kier molecular flexibility index (Phi) is 3.13. The number of fused-ring (bicyclic) bond motifs is 5. The van der Waals surface area contributed by atoms with Crippen LogP contribution in [0.2, 0.25) is 5.82 Å². The predicted molar refractivity (Wildman–Crippen MR) is 72.3 cm³/mol. The second-order valence-electron chi connectivity index (χ2n) is 6.60. The van der Waals surface area contributed by atoms with Gasteiger partial charge in [-0.15, -0.1) is 0 Å². The first-order chi connectivity index (χ1) is 7.84. The van der Waals surface area contributed by atoms with Crippen LogP contribution in [-0.4, -0.2) is 7.85 Å². The highest BCUT2D eigenvalue weighted by Gasteiger charge is 2.43. The van der Waals surface area contributed by atoms with E-state index in [4.69, 9.17) is 0 Å². The summed E-state index contributed by atoms with van der Waals surface area (Å²) in [5.74, 6) is 5.09. The first kappa shape index (κ1) is 10.9. The smallest absolute Gasteiger partial charge is 0.0848 e. The molecule has 0 aliphatic heterocycles. The summed E-state index contributed by atoms with van der Waals surface area (Å²) in [4.78, 5) is 0. The number of hydrogen-bond donors (Lipinski definition) is 0. The van der Waals surface area contributed by atoms with Crippen LogP contribution in [0.25, 0.3) is 0 Å². The molecule has 0 aromatic carbocycles. The van der Waals surface area contributed by atoms with E-state index in [0.29, 0.717) is 0 Å². The molecular weight excluding hydrogens is 191 g/mol. The maximum absolute atomic E-state index is 2.54. The summed E-state index contributed by atoms with van der Waals surface area (Å²) in [7, 11) is 2.46. The maximum atomic E-state index is 2.54. The van der Waals surface area contributed by atoms with Gasteiger partial charge in [0.2, 0.25) is 0 Å². The summed E-state index contributed by atoms with van der Waals surface area (Å²) in [5, 5.41) is 0. The van der Waals surface area contributed by atoms with Crippen LogP contribution in [0, 0.1) is 23.7 Å². The highest BCUT2D eigenvalue weighted by molar-refractivity contribution is 6.11. The molecular formula is C15H25B. The van der Waals surface area contributed by atoms with Crippen molar-refractivity contribution < 1.29 is 0 Å². The van der Waals surface area contributed by atoms with Crippen LogP contribution in [0.1, 0.15) is 51.4 Å². The van der Waals surface area contributed by atoms with Gasteiger partial charge in [0, 0.05) is 0 Å². The van der Waals surface area contributed by atoms with E-state index in [-0.39, 0.29) is 0 Å². The quantitative estimate of drug-likeness (QED) is 0.428. The van der Waals surface area contributed by atoms with Gasteiger partial charge in [-0.3, -0.25) is 0 Å². The van der Waals surface area contributed by atoms with Crippen LogP contribution in [0.3, 0.4) is 0 Å². The fourth-order valence-corrected chi connectivity index (χ4v) is 4.60. The molecule has 0 heterocycles. The van der Waals surface area contributed by atoms with Crippen molar-refractivity contribution in [1.82, 2.24) is 0 Å². The molecule has 0 spiro atoms. The van der Waals surface area contributed by atoms with Crippen molar-refractivity contribution in [3.63, 3.8) is 0 Å². The average molecular weight is 216 g/mol. The molecule has 88 valence electrons. The standard InChI is InChI=1S/C15H25B/c16-13-4-1-2-6-14-11-8-9-12(10-11)15(14)7-3-5-13/h8-9,11-15H,1-7,10,16H2. The molecule has 0 amide bonds. The Morgan fingerprint density at radius 1 is 0.750 bits per heavy atom. The summed E-state index contributed by atoms with van der Waals surface area (Å²) in [6.45, 7) is 0. The molecule has 3 rings (SSSR count). The zero-order valence-corrected chi connectivity index (χ0v) is 10.7.